The number of carbonyl (C=O) groups excluding carboxylic acids is 1. The highest BCUT2D eigenvalue weighted by Crippen LogP contribution is 2.36. The van der Waals surface area contributed by atoms with Crippen molar-refractivity contribution in [3.05, 3.63) is 0 Å². The normalized spacial score (nSPS) is 25.6. The number of methoxy groups -OCH3 is 1. The van der Waals surface area contributed by atoms with Crippen molar-refractivity contribution in [2.45, 2.75) is 65.4 Å². The van der Waals surface area contributed by atoms with Crippen LogP contribution in [-0.2, 0) is 9.53 Å². The number of hydrogen-bond acceptors (Lipinski definition) is 2. The second-order valence-corrected chi connectivity index (χ2v) is 5.34. The molecule has 1 aliphatic rings. The highest BCUT2D eigenvalue weighted by Gasteiger charge is 2.31. The standard InChI is InChI=1S/C11H22O.C3H6O/c1-9-5-7-10(8-6-9)11(2,3)12-4;1-2-3-4/h9-10H,5-8H2,1-4H3;3H,2H2,1H3. The van der Waals surface area contributed by atoms with E-state index in [4.69, 9.17) is 4.74 Å². The highest BCUT2D eigenvalue weighted by atomic mass is 16.5. The van der Waals surface area contributed by atoms with Gasteiger partial charge in [-0.1, -0.05) is 26.7 Å². The van der Waals surface area contributed by atoms with Crippen LogP contribution in [0, 0.1) is 11.8 Å². The zero-order valence-corrected chi connectivity index (χ0v) is 11.6. The molecule has 0 atom stereocenters. The van der Waals surface area contributed by atoms with Gasteiger partial charge in [-0.25, -0.2) is 0 Å². The molecule has 0 heterocycles. The summed E-state index contributed by atoms with van der Waals surface area (Å²) >= 11 is 0. The quantitative estimate of drug-likeness (QED) is 0.686. The van der Waals surface area contributed by atoms with Gasteiger partial charge in [0, 0.05) is 13.5 Å². The first-order valence-corrected chi connectivity index (χ1v) is 6.46. The average molecular weight is 228 g/mol. The predicted molar refractivity (Wildman–Crippen MR) is 68.6 cm³/mol. The summed E-state index contributed by atoms with van der Waals surface area (Å²) in [6, 6.07) is 0. The van der Waals surface area contributed by atoms with Gasteiger partial charge >= 0.3 is 0 Å². The molecule has 1 fully saturated rings. The van der Waals surface area contributed by atoms with E-state index in [-0.39, 0.29) is 5.60 Å². The van der Waals surface area contributed by atoms with Crippen LogP contribution in [0.4, 0.5) is 0 Å². The lowest BCUT2D eigenvalue weighted by Gasteiger charge is -2.37. The molecule has 96 valence electrons. The fourth-order valence-electron chi connectivity index (χ4n) is 2.12. The summed E-state index contributed by atoms with van der Waals surface area (Å²) in [5, 5.41) is 0. The topological polar surface area (TPSA) is 26.3 Å². The van der Waals surface area contributed by atoms with Gasteiger partial charge in [0.15, 0.2) is 0 Å². The second kappa shape index (κ2) is 7.83. The predicted octanol–water partition coefficient (Wildman–Crippen LogP) is 3.83. The van der Waals surface area contributed by atoms with E-state index in [0.717, 1.165) is 18.1 Å². The highest BCUT2D eigenvalue weighted by molar-refractivity contribution is 5.48. The maximum Gasteiger partial charge on any atom is 0.119 e. The monoisotopic (exact) mass is 228 g/mol. The number of rotatable bonds is 3. The molecule has 2 nitrogen and oxygen atoms in total. The number of carbonyl (C=O) groups is 1. The van der Waals surface area contributed by atoms with Crippen molar-refractivity contribution in [2.75, 3.05) is 7.11 Å². The molecular formula is C14H28O2. The van der Waals surface area contributed by atoms with Crippen molar-refractivity contribution in [1.29, 1.82) is 0 Å². The van der Waals surface area contributed by atoms with Crippen molar-refractivity contribution in [2.24, 2.45) is 11.8 Å². The molecule has 0 unspecified atom stereocenters. The van der Waals surface area contributed by atoms with Crippen LogP contribution in [0.3, 0.4) is 0 Å². The Morgan fingerprint density at radius 2 is 1.69 bits per heavy atom. The third kappa shape index (κ3) is 5.64. The number of hydrogen-bond donors (Lipinski definition) is 0. The van der Waals surface area contributed by atoms with Gasteiger partial charge in [-0.15, -0.1) is 0 Å². The molecule has 0 aromatic heterocycles. The second-order valence-electron chi connectivity index (χ2n) is 5.34. The van der Waals surface area contributed by atoms with E-state index in [0.29, 0.717) is 6.42 Å². The largest absolute Gasteiger partial charge is 0.379 e. The summed E-state index contributed by atoms with van der Waals surface area (Å²) in [4.78, 5) is 9.17. The van der Waals surface area contributed by atoms with Crippen LogP contribution >= 0.6 is 0 Å². The minimum atomic E-state index is 0.0974. The third-order valence-electron chi connectivity index (χ3n) is 3.69. The molecule has 0 spiro atoms. The first kappa shape index (κ1) is 15.6. The SMILES string of the molecule is CCC=O.COC(C)(C)C1CCC(C)CC1. The van der Waals surface area contributed by atoms with Crippen molar-refractivity contribution >= 4 is 6.29 Å². The first-order valence-electron chi connectivity index (χ1n) is 6.46. The Balaban J connectivity index is 0.000000487. The van der Waals surface area contributed by atoms with E-state index in [9.17, 15) is 4.79 Å². The van der Waals surface area contributed by atoms with Crippen LogP contribution in [-0.4, -0.2) is 19.0 Å². The number of aldehydes is 1. The lowest BCUT2D eigenvalue weighted by molar-refractivity contribution is -0.107. The van der Waals surface area contributed by atoms with Gasteiger partial charge in [0.2, 0.25) is 0 Å². The fraction of sp³-hybridized carbons (Fsp3) is 0.929. The van der Waals surface area contributed by atoms with Gasteiger partial charge in [-0.3, -0.25) is 0 Å². The van der Waals surface area contributed by atoms with E-state index < -0.39 is 0 Å². The maximum absolute atomic E-state index is 9.17. The van der Waals surface area contributed by atoms with Gasteiger partial charge < -0.3 is 9.53 Å². The summed E-state index contributed by atoms with van der Waals surface area (Å²) < 4.78 is 5.51. The molecule has 0 aromatic rings. The molecule has 1 aliphatic carbocycles. The van der Waals surface area contributed by atoms with Gasteiger partial charge in [0.25, 0.3) is 0 Å². The molecule has 0 bridgehead atoms. The Labute approximate surface area is 101 Å². The van der Waals surface area contributed by atoms with E-state index in [2.05, 4.69) is 20.8 Å². The molecule has 0 aromatic carbocycles. The Bertz CT molecular complexity index is 179. The van der Waals surface area contributed by atoms with Crippen LogP contribution in [0.5, 0.6) is 0 Å². The lowest BCUT2D eigenvalue weighted by Crippen LogP contribution is -2.35. The van der Waals surface area contributed by atoms with Crippen LogP contribution < -0.4 is 0 Å². The Morgan fingerprint density at radius 3 is 2.00 bits per heavy atom. The molecular weight excluding hydrogens is 200 g/mol. The van der Waals surface area contributed by atoms with Gasteiger partial charge in [-0.05, 0) is 38.5 Å². The third-order valence-corrected chi connectivity index (χ3v) is 3.69. The van der Waals surface area contributed by atoms with Crippen molar-refractivity contribution in [3.63, 3.8) is 0 Å². The summed E-state index contributed by atoms with van der Waals surface area (Å²) in [5.74, 6) is 1.72. The fourth-order valence-corrected chi connectivity index (χ4v) is 2.12. The van der Waals surface area contributed by atoms with Gasteiger partial charge in [-0.2, -0.15) is 0 Å². The van der Waals surface area contributed by atoms with Crippen LogP contribution in [0.15, 0.2) is 0 Å². The Hall–Kier alpha value is -0.370. The molecule has 1 saturated carbocycles. The number of ether oxygens (including phenoxy) is 1. The smallest absolute Gasteiger partial charge is 0.119 e. The molecule has 0 saturated heterocycles. The van der Waals surface area contributed by atoms with E-state index in [1.165, 1.54) is 25.7 Å². The van der Waals surface area contributed by atoms with Crippen LogP contribution in [0.2, 0.25) is 0 Å². The van der Waals surface area contributed by atoms with Gasteiger partial charge in [0.1, 0.15) is 6.29 Å². The van der Waals surface area contributed by atoms with Crippen molar-refractivity contribution in [1.82, 2.24) is 0 Å². The summed E-state index contributed by atoms with van der Waals surface area (Å²) in [5.41, 5.74) is 0.0974. The molecule has 2 heteroatoms. The minimum absolute atomic E-state index is 0.0974. The van der Waals surface area contributed by atoms with Crippen molar-refractivity contribution in [3.8, 4) is 0 Å². The first-order chi connectivity index (χ1) is 7.47. The maximum atomic E-state index is 9.17. The molecule has 0 N–H and O–H groups in total. The van der Waals surface area contributed by atoms with Crippen LogP contribution in [0.1, 0.15) is 59.8 Å². The average Bonchev–Trinajstić information content (AvgIpc) is 2.30. The molecule has 1 rings (SSSR count). The zero-order chi connectivity index (χ0) is 12.6. The van der Waals surface area contributed by atoms with Gasteiger partial charge in [0.05, 0.1) is 5.60 Å². The summed E-state index contributed by atoms with van der Waals surface area (Å²) in [7, 11) is 1.83. The Morgan fingerprint density at radius 1 is 1.25 bits per heavy atom. The van der Waals surface area contributed by atoms with E-state index in [1.807, 2.05) is 14.0 Å². The summed E-state index contributed by atoms with van der Waals surface area (Å²) in [6.45, 7) is 8.60. The lowest BCUT2D eigenvalue weighted by atomic mass is 9.75. The molecule has 0 aliphatic heterocycles. The van der Waals surface area contributed by atoms with E-state index >= 15 is 0 Å². The minimum Gasteiger partial charge on any atom is -0.379 e. The summed E-state index contributed by atoms with van der Waals surface area (Å²) in [6.07, 6.45) is 6.99. The molecule has 0 radical (unpaired) electrons. The molecule has 0 amide bonds. The van der Waals surface area contributed by atoms with Crippen molar-refractivity contribution < 1.29 is 9.53 Å². The van der Waals surface area contributed by atoms with E-state index in [1.54, 1.807) is 0 Å². The van der Waals surface area contributed by atoms with Crippen LogP contribution in [0.25, 0.3) is 0 Å². The Kier molecular flexibility index (Phi) is 7.65. The molecule has 16 heavy (non-hydrogen) atoms. The zero-order valence-electron chi connectivity index (χ0n) is 11.6.